The van der Waals surface area contributed by atoms with Crippen LogP contribution in [-0.4, -0.2) is 27.2 Å². The summed E-state index contributed by atoms with van der Waals surface area (Å²) in [6.07, 6.45) is 1.98. The molecule has 0 fully saturated rings. The van der Waals surface area contributed by atoms with Crippen molar-refractivity contribution < 1.29 is 5.11 Å². The molecule has 1 aromatic heterocycles. The van der Waals surface area contributed by atoms with Crippen molar-refractivity contribution in [2.75, 3.05) is 17.6 Å². The number of nitrogens with one attached hydrogen (secondary N) is 2. The van der Waals surface area contributed by atoms with Crippen LogP contribution in [0, 0.1) is 0 Å². The van der Waals surface area contributed by atoms with Crippen molar-refractivity contribution in [2.45, 2.75) is 25.9 Å². The van der Waals surface area contributed by atoms with Gasteiger partial charge in [-0.1, -0.05) is 6.92 Å². The van der Waals surface area contributed by atoms with Crippen molar-refractivity contribution in [3.63, 3.8) is 0 Å². The number of aromatic amines is 1. The van der Waals surface area contributed by atoms with Gasteiger partial charge in [0.2, 0.25) is 0 Å². The highest BCUT2D eigenvalue weighted by atomic mass is 16.3. The van der Waals surface area contributed by atoms with Gasteiger partial charge in [0.05, 0.1) is 34.2 Å². The molecule has 0 bridgehead atoms. The highest BCUT2D eigenvalue weighted by Gasteiger charge is 2.17. The molecule has 0 aliphatic carbocycles. The molecule has 6 heteroatoms. The largest absolute Gasteiger partial charge is 0.397 e. The molecule has 0 aliphatic heterocycles. The number of H-pyrrole nitrogens is 1. The number of hydrogen-bond donors (Lipinski definition) is 4. The second-order valence-corrected chi connectivity index (χ2v) is 4.89. The second kappa shape index (κ2) is 4.89. The van der Waals surface area contributed by atoms with Crippen LogP contribution in [0.25, 0.3) is 10.9 Å². The normalized spacial score (nSPS) is 14.3. The number of aromatic nitrogens is 2. The predicted octanol–water partition coefficient (Wildman–Crippen LogP) is 1.08. The second-order valence-electron chi connectivity index (χ2n) is 4.89. The monoisotopic (exact) mass is 262 g/mol. The van der Waals surface area contributed by atoms with Crippen LogP contribution in [0.1, 0.15) is 20.3 Å². The number of nitrogens with two attached hydrogens (primary N) is 1. The molecular formula is C13H18N4O2. The van der Waals surface area contributed by atoms with Crippen LogP contribution in [-0.2, 0) is 0 Å². The lowest BCUT2D eigenvalue weighted by molar-refractivity contribution is 0.0697. The minimum Gasteiger partial charge on any atom is -0.397 e. The van der Waals surface area contributed by atoms with E-state index in [-0.39, 0.29) is 5.56 Å². The van der Waals surface area contributed by atoms with Crippen LogP contribution in [0.4, 0.5) is 11.4 Å². The molecule has 5 N–H and O–H groups in total. The van der Waals surface area contributed by atoms with E-state index >= 15 is 0 Å². The minimum absolute atomic E-state index is 0.219. The molecule has 2 aromatic rings. The molecule has 1 aromatic carbocycles. The van der Waals surface area contributed by atoms with E-state index in [1.807, 2.05) is 6.92 Å². The van der Waals surface area contributed by atoms with Crippen molar-refractivity contribution in [3.05, 3.63) is 28.8 Å². The Morgan fingerprint density at radius 2 is 2.26 bits per heavy atom. The summed E-state index contributed by atoms with van der Waals surface area (Å²) >= 11 is 0. The van der Waals surface area contributed by atoms with E-state index in [0.717, 1.165) is 0 Å². The molecule has 1 heterocycles. The van der Waals surface area contributed by atoms with Crippen LogP contribution in [0.5, 0.6) is 0 Å². The molecule has 1 unspecified atom stereocenters. The first-order valence-corrected chi connectivity index (χ1v) is 6.16. The van der Waals surface area contributed by atoms with Gasteiger partial charge in [-0.15, -0.1) is 0 Å². The zero-order valence-corrected chi connectivity index (χ0v) is 11.0. The average Bonchev–Trinajstić information content (AvgIpc) is 2.38. The Labute approximate surface area is 110 Å². The fraction of sp³-hybridized carbons (Fsp3) is 0.385. The number of benzene rings is 1. The van der Waals surface area contributed by atoms with Crippen LogP contribution in [0.3, 0.4) is 0 Å². The van der Waals surface area contributed by atoms with Gasteiger partial charge < -0.3 is 21.1 Å². The van der Waals surface area contributed by atoms with Crippen LogP contribution < -0.4 is 16.6 Å². The van der Waals surface area contributed by atoms with Gasteiger partial charge in [-0.3, -0.25) is 4.79 Å². The van der Waals surface area contributed by atoms with Gasteiger partial charge in [-0.05, 0) is 25.5 Å². The summed E-state index contributed by atoms with van der Waals surface area (Å²) < 4.78 is 0. The van der Waals surface area contributed by atoms with Crippen LogP contribution >= 0.6 is 0 Å². The topological polar surface area (TPSA) is 104 Å². The molecule has 0 aliphatic rings. The Morgan fingerprint density at radius 3 is 2.95 bits per heavy atom. The first-order chi connectivity index (χ1) is 8.93. The summed E-state index contributed by atoms with van der Waals surface area (Å²) in [6, 6.07) is 3.30. The quantitative estimate of drug-likeness (QED) is 0.617. The van der Waals surface area contributed by atoms with E-state index in [2.05, 4.69) is 15.3 Å². The standard InChI is InChI=1S/C13H18N4O2/c1-3-13(2,19)6-15-11-5-10-8(4-9(11)14)12(18)17-7-16-10/h4-5,7,15,19H,3,6,14H2,1-2H3,(H,16,17,18). The lowest BCUT2D eigenvalue weighted by atomic mass is 10.0. The predicted molar refractivity (Wildman–Crippen MR) is 76.2 cm³/mol. The summed E-state index contributed by atoms with van der Waals surface area (Å²) in [5.74, 6) is 0. The molecule has 0 amide bonds. The van der Waals surface area contributed by atoms with E-state index in [9.17, 15) is 9.90 Å². The number of nitrogen functional groups attached to an aromatic ring is 1. The maximum atomic E-state index is 11.6. The third kappa shape index (κ3) is 2.85. The van der Waals surface area contributed by atoms with Gasteiger partial charge in [0.25, 0.3) is 5.56 Å². The SMILES string of the molecule is CCC(C)(O)CNc1cc2nc[nH]c(=O)c2cc1N. The zero-order chi connectivity index (χ0) is 14.0. The van der Waals surface area contributed by atoms with Gasteiger partial charge in [0.1, 0.15) is 0 Å². The highest BCUT2D eigenvalue weighted by molar-refractivity contribution is 5.88. The van der Waals surface area contributed by atoms with Crippen LogP contribution in [0.2, 0.25) is 0 Å². The fourth-order valence-electron chi connectivity index (χ4n) is 1.70. The van der Waals surface area contributed by atoms with Crippen LogP contribution in [0.15, 0.2) is 23.3 Å². The van der Waals surface area contributed by atoms with Crippen molar-refractivity contribution in [1.29, 1.82) is 0 Å². The van der Waals surface area contributed by atoms with Gasteiger partial charge in [0.15, 0.2) is 0 Å². The summed E-state index contributed by atoms with van der Waals surface area (Å²) in [5.41, 5.74) is 6.57. The van der Waals surface area contributed by atoms with Crippen molar-refractivity contribution >= 4 is 22.3 Å². The highest BCUT2D eigenvalue weighted by Crippen LogP contribution is 2.23. The van der Waals surface area contributed by atoms with Gasteiger partial charge >= 0.3 is 0 Å². The summed E-state index contributed by atoms with van der Waals surface area (Å²) in [4.78, 5) is 18.2. The Bertz CT molecular complexity index is 649. The molecule has 0 saturated heterocycles. The Morgan fingerprint density at radius 1 is 1.53 bits per heavy atom. The van der Waals surface area contributed by atoms with Crippen molar-refractivity contribution in [1.82, 2.24) is 9.97 Å². The lowest BCUT2D eigenvalue weighted by Gasteiger charge is -2.22. The number of rotatable bonds is 4. The minimum atomic E-state index is -0.803. The third-order valence-electron chi connectivity index (χ3n) is 3.23. The van der Waals surface area contributed by atoms with E-state index < -0.39 is 5.60 Å². The lowest BCUT2D eigenvalue weighted by Crippen LogP contribution is -2.32. The molecule has 0 radical (unpaired) electrons. The molecular weight excluding hydrogens is 244 g/mol. The number of aliphatic hydroxyl groups is 1. The molecule has 1 atom stereocenters. The Kier molecular flexibility index (Phi) is 3.44. The van der Waals surface area contributed by atoms with Gasteiger partial charge in [-0.25, -0.2) is 4.98 Å². The zero-order valence-electron chi connectivity index (χ0n) is 11.0. The Hall–Kier alpha value is -2.08. The maximum absolute atomic E-state index is 11.6. The Balaban J connectivity index is 2.35. The molecule has 6 nitrogen and oxygen atoms in total. The molecule has 2 rings (SSSR count). The van der Waals surface area contributed by atoms with Gasteiger partial charge in [-0.2, -0.15) is 0 Å². The van der Waals surface area contributed by atoms with Crippen molar-refractivity contribution in [2.24, 2.45) is 0 Å². The van der Waals surface area contributed by atoms with E-state index in [1.165, 1.54) is 6.33 Å². The fourth-order valence-corrected chi connectivity index (χ4v) is 1.70. The molecule has 0 spiro atoms. The first-order valence-electron chi connectivity index (χ1n) is 6.16. The molecule has 0 saturated carbocycles. The number of anilines is 2. The van der Waals surface area contributed by atoms with E-state index in [1.54, 1.807) is 19.1 Å². The number of fused-ring (bicyclic) bond motifs is 1. The number of hydrogen-bond acceptors (Lipinski definition) is 5. The van der Waals surface area contributed by atoms with Gasteiger partial charge in [0, 0.05) is 6.54 Å². The van der Waals surface area contributed by atoms with E-state index in [4.69, 9.17) is 5.73 Å². The summed E-state index contributed by atoms with van der Waals surface area (Å²) in [6.45, 7) is 4.04. The summed E-state index contributed by atoms with van der Waals surface area (Å²) in [7, 11) is 0. The average molecular weight is 262 g/mol. The molecule has 102 valence electrons. The van der Waals surface area contributed by atoms with E-state index in [0.29, 0.717) is 35.2 Å². The smallest absolute Gasteiger partial charge is 0.258 e. The van der Waals surface area contributed by atoms with Crippen molar-refractivity contribution in [3.8, 4) is 0 Å². The summed E-state index contributed by atoms with van der Waals surface area (Å²) in [5, 5.41) is 13.5. The number of nitrogens with zero attached hydrogens (tertiary/aromatic N) is 1. The first kappa shape index (κ1) is 13.4. The maximum Gasteiger partial charge on any atom is 0.258 e. The third-order valence-corrected chi connectivity index (χ3v) is 3.23. The molecule has 19 heavy (non-hydrogen) atoms.